The van der Waals surface area contributed by atoms with Crippen molar-refractivity contribution in [2.24, 2.45) is 0 Å². The molecule has 0 amide bonds. The van der Waals surface area contributed by atoms with Crippen LogP contribution in [-0.4, -0.2) is 47.9 Å². The van der Waals surface area contributed by atoms with Crippen LogP contribution in [0.2, 0.25) is 0 Å². The Kier molecular flexibility index (Phi) is 5.12. The Balaban J connectivity index is 1.72. The van der Waals surface area contributed by atoms with Crippen molar-refractivity contribution in [3.05, 3.63) is 53.9 Å². The zero-order chi connectivity index (χ0) is 19.6. The first-order chi connectivity index (χ1) is 14.3. The number of aromatic nitrogens is 2. The Hall–Kier alpha value is -2.58. The Morgan fingerprint density at radius 3 is 2.86 bits per heavy atom. The average molecular weight is 391 g/mol. The molecule has 29 heavy (non-hydrogen) atoms. The number of fused-ring (bicyclic) bond motifs is 1. The molecule has 1 aromatic carbocycles. The number of anilines is 1. The van der Waals surface area contributed by atoms with E-state index in [-0.39, 0.29) is 12.6 Å². The number of benzene rings is 1. The molecule has 0 spiro atoms. The van der Waals surface area contributed by atoms with E-state index in [0.29, 0.717) is 13.2 Å². The van der Waals surface area contributed by atoms with Crippen molar-refractivity contribution in [2.75, 3.05) is 37.7 Å². The summed E-state index contributed by atoms with van der Waals surface area (Å²) in [6, 6.07) is 12.4. The van der Waals surface area contributed by atoms with Gasteiger partial charge in [-0.05, 0) is 41.3 Å². The van der Waals surface area contributed by atoms with Crippen LogP contribution in [0.25, 0.3) is 22.0 Å². The van der Waals surface area contributed by atoms with Crippen molar-refractivity contribution in [3.63, 3.8) is 0 Å². The van der Waals surface area contributed by atoms with Crippen molar-refractivity contribution < 1.29 is 9.84 Å². The highest BCUT2D eigenvalue weighted by molar-refractivity contribution is 5.97. The van der Waals surface area contributed by atoms with Crippen LogP contribution in [0.1, 0.15) is 23.7 Å². The van der Waals surface area contributed by atoms with E-state index < -0.39 is 0 Å². The monoisotopic (exact) mass is 391 g/mol. The maximum absolute atomic E-state index is 9.61. The van der Waals surface area contributed by atoms with Gasteiger partial charge in [0, 0.05) is 31.2 Å². The number of aliphatic hydroxyl groups excluding tert-OH is 1. The minimum atomic E-state index is 0.0254. The third-order valence-corrected chi connectivity index (χ3v) is 5.66. The third-order valence-electron chi connectivity index (χ3n) is 5.66. The average Bonchev–Trinajstić information content (AvgIpc) is 3.33. The Morgan fingerprint density at radius 2 is 2.07 bits per heavy atom. The predicted molar refractivity (Wildman–Crippen MR) is 112 cm³/mol. The second-order valence-corrected chi connectivity index (χ2v) is 7.49. The fourth-order valence-corrected chi connectivity index (χ4v) is 4.13. The summed E-state index contributed by atoms with van der Waals surface area (Å²) in [5, 5.41) is 10.7. The smallest absolute Gasteiger partial charge is 0.130 e. The zero-order valence-corrected chi connectivity index (χ0v) is 16.3. The molecule has 1 atom stereocenters. The van der Waals surface area contributed by atoms with Gasteiger partial charge in [0.2, 0.25) is 0 Å². The molecule has 4 heterocycles. The topological polar surface area (TPSA) is 82.5 Å². The molecule has 7 nitrogen and oxygen atoms in total. The standard InChI is InChI=1S/C22H25N5O2/c28-14-15-2-1-3-16(12-15)18-13-20(27-8-10-29-11-9-27)25-21-17(18)4-6-23-22(21)19-5-7-24-26-19/h1-4,6,12-13,19,24,26,28H,5,7-11,14H2. The zero-order valence-electron chi connectivity index (χ0n) is 16.3. The highest BCUT2D eigenvalue weighted by Crippen LogP contribution is 2.35. The minimum absolute atomic E-state index is 0.0254. The third kappa shape index (κ3) is 3.58. The van der Waals surface area contributed by atoms with Crippen LogP contribution in [0.15, 0.2) is 42.6 Å². The molecule has 1 unspecified atom stereocenters. The predicted octanol–water partition coefficient (Wildman–Crippen LogP) is 2.16. The fourth-order valence-electron chi connectivity index (χ4n) is 4.13. The van der Waals surface area contributed by atoms with Crippen molar-refractivity contribution in [1.29, 1.82) is 0 Å². The minimum Gasteiger partial charge on any atom is -0.392 e. The highest BCUT2D eigenvalue weighted by Gasteiger charge is 2.23. The lowest BCUT2D eigenvalue weighted by molar-refractivity contribution is 0.122. The van der Waals surface area contributed by atoms with Gasteiger partial charge in [-0.25, -0.2) is 10.4 Å². The van der Waals surface area contributed by atoms with Crippen LogP contribution in [0.5, 0.6) is 0 Å². The molecule has 0 aliphatic carbocycles. The summed E-state index contributed by atoms with van der Waals surface area (Å²) in [4.78, 5) is 12.0. The van der Waals surface area contributed by atoms with Crippen molar-refractivity contribution in [1.82, 2.24) is 20.8 Å². The van der Waals surface area contributed by atoms with Crippen LogP contribution >= 0.6 is 0 Å². The van der Waals surface area contributed by atoms with Crippen LogP contribution in [0.4, 0.5) is 5.82 Å². The number of hydrazine groups is 1. The highest BCUT2D eigenvalue weighted by atomic mass is 16.5. The maximum Gasteiger partial charge on any atom is 0.130 e. The van der Waals surface area contributed by atoms with Gasteiger partial charge in [0.25, 0.3) is 0 Å². The van der Waals surface area contributed by atoms with E-state index in [4.69, 9.17) is 14.7 Å². The molecule has 2 saturated heterocycles. The molecule has 0 saturated carbocycles. The van der Waals surface area contributed by atoms with Gasteiger partial charge in [-0.15, -0.1) is 0 Å². The number of pyridine rings is 2. The summed E-state index contributed by atoms with van der Waals surface area (Å²) in [5.74, 6) is 0.949. The van der Waals surface area contributed by atoms with Crippen molar-refractivity contribution in [3.8, 4) is 11.1 Å². The molecule has 150 valence electrons. The Morgan fingerprint density at radius 1 is 1.17 bits per heavy atom. The summed E-state index contributed by atoms with van der Waals surface area (Å²) >= 11 is 0. The number of ether oxygens (including phenoxy) is 1. The van der Waals surface area contributed by atoms with E-state index >= 15 is 0 Å². The summed E-state index contributed by atoms with van der Waals surface area (Å²) < 4.78 is 5.53. The van der Waals surface area contributed by atoms with Gasteiger partial charge in [0.05, 0.1) is 37.1 Å². The first-order valence-electron chi connectivity index (χ1n) is 10.1. The summed E-state index contributed by atoms with van der Waals surface area (Å²) in [6.45, 7) is 4.02. The first-order valence-corrected chi connectivity index (χ1v) is 10.1. The summed E-state index contributed by atoms with van der Waals surface area (Å²) in [6.07, 6.45) is 2.85. The molecule has 2 fully saturated rings. The molecule has 2 aliphatic rings. The maximum atomic E-state index is 9.61. The van der Waals surface area contributed by atoms with Gasteiger partial charge < -0.3 is 14.7 Å². The number of nitrogens with one attached hydrogen (secondary N) is 2. The van der Waals surface area contributed by atoms with Crippen molar-refractivity contribution >= 4 is 16.7 Å². The lowest BCUT2D eigenvalue weighted by Crippen LogP contribution is -2.36. The lowest BCUT2D eigenvalue weighted by Gasteiger charge is -2.29. The summed E-state index contributed by atoms with van der Waals surface area (Å²) in [7, 11) is 0. The van der Waals surface area contributed by atoms with Gasteiger partial charge >= 0.3 is 0 Å². The number of hydrogen-bond donors (Lipinski definition) is 3. The number of rotatable bonds is 4. The number of morpholine rings is 1. The molecular formula is C22H25N5O2. The molecule has 0 radical (unpaired) electrons. The van der Waals surface area contributed by atoms with Gasteiger partial charge in [0.15, 0.2) is 0 Å². The molecule has 5 rings (SSSR count). The largest absolute Gasteiger partial charge is 0.392 e. The molecule has 0 bridgehead atoms. The molecule has 2 aliphatic heterocycles. The van der Waals surface area contributed by atoms with Gasteiger partial charge in [-0.3, -0.25) is 10.4 Å². The van der Waals surface area contributed by atoms with Crippen LogP contribution in [0.3, 0.4) is 0 Å². The SMILES string of the molecule is OCc1cccc(-c2cc(N3CCOCC3)nc3c(C4CCNN4)nccc23)c1. The molecular weight excluding hydrogens is 366 g/mol. The van der Waals surface area contributed by atoms with Gasteiger partial charge in [-0.2, -0.15) is 0 Å². The second-order valence-electron chi connectivity index (χ2n) is 7.49. The molecule has 3 aromatic rings. The summed E-state index contributed by atoms with van der Waals surface area (Å²) in [5.41, 5.74) is 11.5. The van der Waals surface area contributed by atoms with Crippen LogP contribution in [-0.2, 0) is 11.3 Å². The van der Waals surface area contributed by atoms with Gasteiger partial charge in [-0.1, -0.05) is 18.2 Å². The normalized spacial score (nSPS) is 19.8. The van der Waals surface area contributed by atoms with E-state index in [0.717, 1.165) is 65.2 Å². The van der Waals surface area contributed by atoms with E-state index in [1.165, 1.54) is 0 Å². The number of nitrogens with zero attached hydrogens (tertiary/aromatic N) is 3. The second kappa shape index (κ2) is 8.04. The molecule has 7 heteroatoms. The number of aliphatic hydroxyl groups is 1. The van der Waals surface area contributed by atoms with Crippen LogP contribution in [0, 0.1) is 0 Å². The van der Waals surface area contributed by atoms with E-state index in [2.05, 4.69) is 27.9 Å². The van der Waals surface area contributed by atoms with Crippen LogP contribution < -0.4 is 15.8 Å². The quantitative estimate of drug-likeness (QED) is 0.629. The van der Waals surface area contributed by atoms with E-state index in [1.54, 1.807) is 0 Å². The lowest BCUT2D eigenvalue weighted by atomic mass is 9.97. The Labute approximate surface area is 169 Å². The number of hydrogen-bond acceptors (Lipinski definition) is 7. The first kappa shape index (κ1) is 18.4. The van der Waals surface area contributed by atoms with E-state index in [9.17, 15) is 5.11 Å². The molecule has 3 N–H and O–H groups in total. The van der Waals surface area contributed by atoms with Crippen molar-refractivity contribution in [2.45, 2.75) is 19.1 Å². The fraction of sp³-hybridized carbons (Fsp3) is 0.364. The van der Waals surface area contributed by atoms with Gasteiger partial charge in [0.1, 0.15) is 5.82 Å². The Bertz CT molecular complexity index is 1010. The van der Waals surface area contributed by atoms with E-state index in [1.807, 2.05) is 30.5 Å². The molecule has 2 aromatic heterocycles.